The van der Waals surface area contributed by atoms with E-state index >= 15 is 0 Å². The fourth-order valence-corrected chi connectivity index (χ4v) is 6.17. The molecule has 1 heterocycles. The molecule has 0 amide bonds. The quantitative estimate of drug-likeness (QED) is 0.244. The molecule has 2 aliphatic rings. The van der Waals surface area contributed by atoms with Crippen LogP contribution in [0.25, 0.3) is 0 Å². The second-order valence-electron chi connectivity index (χ2n) is 9.02. The first-order valence-corrected chi connectivity index (χ1v) is 13.7. The molecule has 3 rings (SSSR count). The smallest absolute Gasteiger partial charge is 0.335 e. The van der Waals surface area contributed by atoms with Crippen LogP contribution in [0.2, 0.25) is 0 Å². The zero-order valence-electron chi connectivity index (χ0n) is 20.7. The number of hydrogen-bond acceptors (Lipinski definition) is 10. The highest BCUT2D eigenvalue weighted by atomic mass is 32.2. The van der Waals surface area contributed by atoms with Crippen molar-refractivity contribution in [2.24, 2.45) is 0 Å². The molecule has 1 aliphatic carbocycles. The van der Waals surface area contributed by atoms with Crippen LogP contribution in [0.4, 0.5) is 10.1 Å². The summed E-state index contributed by atoms with van der Waals surface area (Å²) in [5, 5.41) is 37.8. The molecule has 5 unspecified atom stereocenters. The molecule has 1 spiro atoms. The number of carbonyl (C=O) groups excluding carboxylic acids is 1. The van der Waals surface area contributed by atoms with Gasteiger partial charge >= 0.3 is 5.97 Å². The van der Waals surface area contributed by atoms with E-state index in [4.69, 9.17) is 14.2 Å². The third-order valence-corrected chi connectivity index (χ3v) is 8.07. The lowest BCUT2D eigenvalue weighted by molar-refractivity contribution is -0.164. The molecular weight excluding hydrogens is 513 g/mol. The predicted molar refractivity (Wildman–Crippen MR) is 129 cm³/mol. The minimum atomic E-state index is -4.25. The Bertz CT molecular complexity index is 1080. The van der Waals surface area contributed by atoms with Gasteiger partial charge in [0.05, 0.1) is 31.1 Å². The van der Waals surface area contributed by atoms with Gasteiger partial charge in [0.15, 0.2) is 5.79 Å². The number of hydrogen-bond donors (Lipinski definition) is 5. The first-order valence-electron chi connectivity index (χ1n) is 12.1. The monoisotopic (exact) mass is 547 g/mol. The van der Waals surface area contributed by atoms with Crippen LogP contribution in [0.15, 0.2) is 29.8 Å². The SMILES string of the molecule is CCCc1cc(F)ccc1NS(=O)(=O)C1CCC2(C=C1C(=O)OCC)OC(C(O)CO)C(C(O)CO)O2. The number of esters is 1. The van der Waals surface area contributed by atoms with Crippen molar-refractivity contribution in [1.82, 2.24) is 0 Å². The molecule has 13 heteroatoms. The second-order valence-corrected chi connectivity index (χ2v) is 10.9. The van der Waals surface area contributed by atoms with E-state index in [1.165, 1.54) is 12.1 Å². The number of ether oxygens (including phenoxy) is 3. The highest BCUT2D eigenvalue weighted by Crippen LogP contribution is 2.43. The fraction of sp³-hybridized carbons (Fsp3) is 0.625. The van der Waals surface area contributed by atoms with Gasteiger partial charge in [0.25, 0.3) is 0 Å². The molecule has 0 bridgehead atoms. The lowest BCUT2D eigenvalue weighted by atomic mass is 9.94. The number of aliphatic hydroxyl groups excluding tert-OH is 4. The number of aryl methyl sites for hydroxylation is 1. The van der Waals surface area contributed by atoms with Gasteiger partial charge in [-0.1, -0.05) is 13.3 Å². The highest BCUT2D eigenvalue weighted by molar-refractivity contribution is 7.93. The molecule has 208 valence electrons. The van der Waals surface area contributed by atoms with Crippen LogP contribution in [-0.2, 0) is 35.4 Å². The summed E-state index contributed by atoms with van der Waals surface area (Å²) in [5.41, 5.74) is 0.373. The molecule has 1 aromatic rings. The van der Waals surface area contributed by atoms with Gasteiger partial charge in [0.1, 0.15) is 35.5 Å². The average Bonchev–Trinajstić information content (AvgIpc) is 3.23. The van der Waals surface area contributed by atoms with Gasteiger partial charge < -0.3 is 34.6 Å². The minimum absolute atomic E-state index is 0.0403. The number of sulfonamides is 1. The van der Waals surface area contributed by atoms with Crippen LogP contribution in [-0.4, -0.2) is 90.1 Å². The number of carbonyl (C=O) groups is 1. The molecule has 37 heavy (non-hydrogen) atoms. The second kappa shape index (κ2) is 12.2. The van der Waals surface area contributed by atoms with Gasteiger partial charge in [-0.3, -0.25) is 4.72 Å². The summed E-state index contributed by atoms with van der Waals surface area (Å²) in [6.45, 7) is 1.92. The first kappa shape index (κ1) is 29.4. The average molecular weight is 548 g/mol. The first-order chi connectivity index (χ1) is 17.5. The molecule has 5 N–H and O–H groups in total. The van der Waals surface area contributed by atoms with Crippen LogP contribution in [0.3, 0.4) is 0 Å². The van der Waals surface area contributed by atoms with E-state index in [1.807, 2.05) is 6.92 Å². The Balaban J connectivity index is 1.99. The molecule has 0 saturated carbocycles. The van der Waals surface area contributed by atoms with Crippen molar-refractivity contribution < 1.29 is 52.2 Å². The van der Waals surface area contributed by atoms with Crippen molar-refractivity contribution in [2.45, 2.75) is 75.0 Å². The van der Waals surface area contributed by atoms with Gasteiger partial charge in [-0.15, -0.1) is 0 Å². The predicted octanol–water partition coefficient (Wildman–Crippen LogP) is 0.358. The van der Waals surface area contributed by atoms with E-state index in [1.54, 1.807) is 6.92 Å². The summed E-state index contributed by atoms with van der Waals surface area (Å²) in [7, 11) is -4.25. The Labute approximate surface area is 214 Å². The number of benzene rings is 1. The van der Waals surface area contributed by atoms with Crippen molar-refractivity contribution in [3.05, 3.63) is 41.2 Å². The Morgan fingerprint density at radius 2 is 1.81 bits per heavy atom. The summed E-state index contributed by atoms with van der Waals surface area (Å²) in [6.07, 6.45) is -3.56. The fourth-order valence-electron chi connectivity index (χ4n) is 4.59. The van der Waals surface area contributed by atoms with Crippen molar-refractivity contribution in [3.63, 3.8) is 0 Å². The Hall–Kier alpha value is -2.13. The van der Waals surface area contributed by atoms with Gasteiger partial charge in [-0.05, 0) is 49.6 Å². The third kappa shape index (κ3) is 6.48. The van der Waals surface area contributed by atoms with Crippen LogP contribution >= 0.6 is 0 Å². The lowest BCUT2D eigenvalue weighted by Gasteiger charge is -2.34. The molecule has 0 radical (unpaired) electrons. The van der Waals surface area contributed by atoms with Crippen LogP contribution in [0.5, 0.6) is 0 Å². The largest absolute Gasteiger partial charge is 0.463 e. The normalized spacial score (nSPS) is 27.5. The maximum Gasteiger partial charge on any atom is 0.335 e. The van der Waals surface area contributed by atoms with E-state index in [9.17, 15) is 38.0 Å². The third-order valence-electron chi connectivity index (χ3n) is 6.33. The zero-order chi connectivity index (χ0) is 27.4. The molecular formula is C24H34FNO10S. The highest BCUT2D eigenvalue weighted by Gasteiger charge is 2.55. The van der Waals surface area contributed by atoms with Gasteiger partial charge in [-0.2, -0.15) is 0 Å². The molecule has 5 atom stereocenters. The summed E-state index contributed by atoms with van der Waals surface area (Å²) in [4.78, 5) is 12.9. The van der Waals surface area contributed by atoms with E-state index in [0.29, 0.717) is 18.4 Å². The number of rotatable bonds is 11. The maximum absolute atomic E-state index is 13.8. The Morgan fingerprint density at radius 3 is 2.35 bits per heavy atom. The zero-order valence-corrected chi connectivity index (χ0v) is 21.5. The summed E-state index contributed by atoms with van der Waals surface area (Å²) >= 11 is 0. The van der Waals surface area contributed by atoms with Crippen molar-refractivity contribution in [1.29, 1.82) is 0 Å². The van der Waals surface area contributed by atoms with E-state index < -0.39 is 70.5 Å². The van der Waals surface area contributed by atoms with Crippen LogP contribution in [0, 0.1) is 5.82 Å². The maximum atomic E-state index is 13.8. The van der Waals surface area contributed by atoms with Crippen molar-refractivity contribution in [2.75, 3.05) is 24.5 Å². The van der Waals surface area contributed by atoms with Gasteiger partial charge in [-0.25, -0.2) is 17.6 Å². The van der Waals surface area contributed by atoms with Crippen LogP contribution < -0.4 is 4.72 Å². The summed E-state index contributed by atoms with van der Waals surface area (Å²) in [6, 6.07) is 3.70. The topological polar surface area (TPSA) is 172 Å². The Morgan fingerprint density at radius 1 is 1.19 bits per heavy atom. The van der Waals surface area contributed by atoms with Crippen molar-refractivity contribution in [3.8, 4) is 0 Å². The molecule has 11 nitrogen and oxygen atoms in total. The van der Waals surface area contributed by atoms with E-state index in [2.05, 4.69) is 4.72 Å². The lowest BCUT2D eigenvalue weighted by Crippen LogP contribution is -2.45. The molecule has 0 aromatic heterocycles. The molecule has 1 saturated heterocycles. The molecule has 1 fully saturated rings. The standard InChI is InChI=1S/C24H34FNO10S/c1-3-5-14-10-15(25)6-7-17(14)26-37(32,33)20-8-9-24(11-16(20)23(31)34-4-2)35-21(18(29)12-27)22(36-24)19(30)13-28/h6-7,10-11,18-22,26-30H,3-5,8-9,12-13H2,1-2H3. The summed E-state index contributed by atoms with van der Waals surface area (Å²) < 4.78 is 60.0. The van der Waals surface area contributed by atoms with Gasteiger partial charge in [0, 0.05) is 6.42 Å². The van der Waals surface area contributed by atoms with Gasteiger partial charge in [0.2, 0.25) is 10.0 Å². The van der Waals surface area contributed by atoms with E-state index in [0.717, 1.165) is 12.1 Å². The molecule has 1 aliphatic heterocycles. The number of halogens is 1. The Kier molecular flexibility index (Phi) is 9.67. The van der Waals surface area contributed by atoms with Crippen LogP contribution in [0.1, 0.15) is 38.7 Å². The number of anilines is 1. The number of aliphatic hydroxyl groups is 4. The minimum Gasteiger partial charge on any atom is -0.463 e. The number of nitrogens with one attached hydrogen (secondary N) is 1. The van der Waals surface area contributed by atoms with Crippen molar-refractivity contribution >= 4 is 21.7 Å². The summed E-state index contributed by atoms with van der Waals surface area (Å²) in [5.74, 6) is -3.16. The molecule has 1 aromatic carbocycles. The van der Waals surface area contributed by atoms with E-state index in [-0.39, 0.29) is 30.7 Å².